The lowest BCUT2D eigenvalue weighted by atomic mass is 9.84. The number of ketones is 1. The van der Waals surface area contributed by atoms with Gasteiger partial charge in [-0.2, -0.15) is 0 Å². The summed E-state index contributed by atoms with van der Waals surface area (Å²) in [6, 6.07) is 18.6. The van der Waals surface area contributed by atoms with Gasteiger partial charge in [-0.3, -0.25) is 9.59 Å². The Kier molecular flexibility index (Phi) is 8.30. The first-order valence-electron chi connectivity index (χ1n) is 13.8. The Labute approximate surface area is 229 Å². The van der Waals surface area contributed by atoms with Gasteiger partial charge < -0.3 is 18.9 Å². The molecular formula is C33H34O6. The summed E-state index contributed by atoms with van der Waals surface area (Å²) >= 11 is 0. The van der Waals surface area contributed by atoms with Crippen molar-refractivity contribution < 1.29 is 28.5 Å². The SMILES string of the molecule is CCCCCCCCOc1ccc(C2CC(=O)Oc3ccc4c(c32)OC(=Cc2ccccc2OC)C4=O)cc1. The van der Waals surface area contributed by atoms with Gasteiger partial charge in [-0.15, -0.1) is 0 Å². The Hall–Kier alpha value is -4.06. The maximum atomic E-state index is 13.3. The van der Waals surface area contributed by atoms with Crippen LogP contribution in [-0.4, -0.2) is 25.5 Å². The monoisotopic (exact) mass is 526 g/mol. The summed E-state index contributed by atoms with van der Waals surface area (Å²) in [7, 11) is 1.59. The highest BCUT2D eigenvalue weighted by Gasteiger charge is 2.38. The van der Waals surface area contributed by atoms with Crippen molar-refractivity contribution in [3.63, 3.8) is 0 Å². The van der Waals surface area contributed by atoms with Gasteiger partial charge in [0.15, 0.2) is 5.76 Å². The van der Waals surface area contributed by atoms with Crippen LogP contribution in [0.1, 0.15) is 84.8 Å². The number of esters is 1. The Bertz CT molecular complexity index is 1370. The van der Waals surface area contributed by atoms with Gasteiger partial charge in [-0.25, -0.2) is 0 Å². The van der Waals surface area contributed by atoms with E-state index < -0.39 is 0 Å². The van der Waals surface area contributed by atoms with Crippen molar-refractivity contribution in [1.82, 2.24) is 0 Å². The molecule has 0 amide bonds. The number of carbonyl (C=O) groups excluding carboxylic acids is 2. The lowest BCUT2D eigenvalue weighted by Crippen LogP contribution is -2.21. The summed E-state index contributed by atoms with van der Waals surface area (Å²) < 4.78 is 23.1. The van der Waals surface area contributed by atoms with E-state index in [-0.39, 0.29) is 29.9 Å². The van der Waals surface area contributed by atoms with Crippen LogP contribution >= 0.6 is 0 Å². The molecular weight excluding hydrogens is 492 g/mol. The molecule has 6 heteroatoms. The summed E-state index contributed by atoms with van der Waals surface area (Å²) in [5, 5.41) is 0. The molecule has 0 spiro atoms. The molecule has 0 aliphatic carbocycles. The topological polar surface area (TPSA) is 71.1 Å². The summed E-state index contributed by atoms with van der Waals surface area (Å²) in [5.41, 5.74) is 2.84. The third kappa shape index (κ3) is 5.85. The van der Waals surface area contributed by atoms with Gasteiger partial charge in [0.05, 0.1) is 25.7 Å². The van der Waals surface area contributed by atoms with Crippen molar-refractivity contribution in [2.24, 2.45) is 0 Å². The van der Waals surface area contributed by atoms with Gasteiger partial charge in [-0.1, -0.05) is 69.4 Å². The number of para-hydroxylation sites is 1. The maximum Gasteiger partial charge on any atom is 0.312 e. The van der Waals surface area contributed by atoms with Gasteiger partial charge in [-0.05, 0) is 48.4 Å². The first kappa shape index (κ1) is 26.5. The van der Waals surface area contributed by atoms with Gasteiger partial charge in [0.1, 0.15) is 23.0 Å². The van der Waals surface area contributed by atoms with Gasteiger partial charge in [0.25, 0.3) is 0 Å². The van der Waals surface area contributed by atoms with Crippen molar-refractivity contribution in [2.45, 2.75) is 57.8 Å². The molecule has 3 aromatic carbocycles. The van der Waals surface area contributed by atoms with Crippen LogP contribution in [-0.2, 0) is 4.79 Å². The predicted molar refractivity (Wildman–Crippen MR) is 150 cm³/mol. The molecule has 5 rings (SSSR count). The first-order chi connectivity index (χ1) is 19.1. The summed E-state index contributed by atoms with van der Waals surface area (Å²) in [6.07, 6.45) is 9.13. The summed E-state index contributed by atoms with van der Waals surface area (Å²) in [4.78, 5) is 25.8. The Morgan fingerprint density at radius 1 is 0.897 bits per heavy atom. The second-order valence-corrected chi connectivity index (χ2v) is 9.95. The number of rotatable bonds is 11. The number of fused-ring (bicyclic) bond motifs is 3. The second-order valence-electron chi connectivity index (χ2n) is 9.95. The normalized spacial score (nSPS) is 16.9. The summed E-state index contributed by atoms with van der Waals surface area (Å²) in [5.74, 6) is 1.68. The second kappa shape index (κ2) is 12.2. The van der Waals surface area contributed by atoms with Crippen molar-refractivity contribution >= 4 is 17.8 Å². The fraction of sp³-hybridized carbons (Fsp3) is 0.333. The quantitative estimate of drug-likeness (QED) is 0.112. The van der Waals surface area contributed by atoms with E-state index in [0.29, 0.717) is 35.0 Å². The zero-order chi connectivity index (χ0) is 27.2. The molecule has 2 aliphatic heterocycles. The number of Topliss-reactive ketones (excluding diaryl/α,β-unsaturated/α-hetero) is 1. The standard InChI is InChI=1S/C33H34O6/c1-3-4-5-6-7-10-19-37-24-15-13-22(14-16-24)26-21-30(34)38-28-18-17-25-32(35)29(39-33(25)31(26)28)20-23-11-8-9-12-27(23)36-2/h8-9,11-18,20,26H,3-7,10,19,21H2,1-2H3. The van der Waals surface area contributed by atoms with Crippen LogP contribution in [0.3, 0.4) is 0 Å². The van der Waals surface area contributed by atoms with Crippen LogP contribution in [0.5, 0.6) is 23.0 Å². The van der Waals surface area contributed by atoms with Crippen molar-refractivity contribution in [3.05, 3.63) is 88.7 Å². The molecule has 3 aromatic rings. The molecule has 1 atom stereocenters. The molecule has 0 saturated carbocycles. The lowest BCUT2D eigenvalue weighted by Gasteiger charge is -2.26. The molecule has 202 valence electrons. The Balaban J connectivity index is 1.36. The van der Waals surface area contributed by atoms with Gasteiger partial charge in [0, 0.05) is 17.0 Å². The number of carbonyl (C=O) groups is 2. The zero-order valence-corrected chi connectivity index (χ0v) is 22.5. The molecule has 0 bridgehead atoms. The van der Waals surface area contributed by atoms with E-state index in [1.165, 1.54) is 32.1 Å². The average Bonchev–Trinajstić information content (AvgIpc) is 3.27. The summed E-state index contributed by atoms with van der Waals surface area (Å²) in [6.45, 7) is 2.91. The molecule has 6 nitrogen and oxygen atoms in total. The maximum absolute atomic E-state index is 13.3. The predicted octanol–water partition coefficient (Wildman–Crippen LogP) is 7.49. The van der Waals surface area contributed by atoms with Gasteiger partial charge in [0.2, 0.25) is 5.78 Å². The van der Waals surface area contributed by atoms with Crippen molar-refractivity contribution in [3.8, 4) is 23.0 Å². The van der Waals surface area contributed by atoms with Crippen molar-refractivity contribution in [2.75, 3.05) is 13.7 Å². The number of ether oxygens (including phenoxy) is 4. The van der Waals surface area contributed by atoms with Crippen LogP contribution in [0.2, 0.25) is 0 Å². The molecule has 1 unspecified atom stereocenters. The van der Waals surface area contributed by atoms with E-state index in [9.17, 15) is 9.59 Å². The van der Waals surface area contributed by atoms with E-state index in [1.807, 2.05) is 48.5 Å². The van der Waals surface area contributed by atoms with Gasteiger partial charge >= 0.3 is 5.97 Å². The highest BCUT2D eigenvalue weighted by atomic mass is 16.5. The first-order valence-corrected chi connectivity index (χ1v) is 13.8. The fourth-order valence-electron chi connectivity index (χ4n) is 5.19. The molecule has 0 radical (unpaired) electrons. The van der Waals surface area contributed by atoms with E-state index in [0.717, 1.165) is 23.3 Å². The number of allylic oxidation sites excluding steroid dienone is 1. The number of hydrogen-bond acceptors (Lipinski definition) is 6. The molecule has 0 fully saturated rings. The molecule has 0 N–H and O–H groups in total. The van der Waals surface area contributed by atoms with E-state index in [2.05, 4.69) is 6.92 Å². The molecule has 39 heavy (non-hydrogen) atoms. The van der Waals surface area contributed by atoms with Crippen LogP contribution < -0.4 is 18.9 Å². The number of hydrogen-bond donors (Lipinski definition) is 0. The highest BCUT2D eigenvalue weighted by Crippen LogP contribution is 2.49. The average molecular weight is 527 g/mol. The largest absolute Gasteiger partial charge is 0.496 e. The Morgan fingerprint density at radius 3 is 2.46 bits per heavy atom. The third-order valence-corrected chi connectivity index (χ3v) is 7.25. The molecule has 0 aromatic heterocycles. The molecule has 2 heterocycles. The molecule has 0 saturated heterocycles. The lowest BCUT2D eigenvalue weighted by molar-refractivity contribution is -0.135. The fourth-order valence-corrected chi connectivity index (χ4v) is 5.19. The minimum absolute atomic E-state index is 0.157. The Morgan fingerprint density at radius 2 is 1.67 bits per heavy atom. The number of benzene rings is 3. The van der Waals surface area contributed by atoms with Crippen LogP contribution in [0, 0.1) is 0 Å². The van der Waals surface area contributed by atoms with Crippen LogP contribution in [0.25, 0.3) is 6.08 Å². The third-order valence-electron chi connectivity index (χ3n) is 7.25. The zero-order valence-electron chi connectivity index (χ0n) is 22.5. The van der Waals surface area contributed by atoms with Crippen molar-refractivity contribution in [1.29, 1.82) is 0 Å². The minimum atomic E-state index is -0.315. The number of methoxy groups -OCH3 is 1. The van der Waals surface area contributed by atoms with Crippen LogP contribution in [0.4, 0.5) is 0 Å². The smallest absolute Gasteiger partial charge is 0.312 e. The van der Waals surface area contributed by atoms with Crippen LogP contribution in [0.15, 0.2) is 66.4 Å². The number of unbranched alkanes of at least 4 members (excludes halogenated alkanes) is 5. The highest BCUT2D eigenvalue weighted by molar-refractivity contribution is 6.15. The van der Waals surface area contributed by atoms with E-state index in [4.69, 9.17) is 18.9 Å². The minimum Gasteiger partial charge on any atom is -0.496 e. The van der Waals surface area contributed by atoms with E-state index in [1.54, 1.807) is 25.3 Å². The molecule has 2 aliphatic rings. The van der Waals surface area contributed by atoms with E-state index >= 15 is 0 Å².